The van der Waals surface area contributed by atoms with Crippen molar-refractivity contribution < 1.29 is 14.0 Å². The first-order valence-corrected chi connectivity index (χ1v) is 10.2. The first-order valence-electron chi connectivity index (χ1n) is 9.40. The second-order valence-electron chi connectivity index (χ2n) is 7.69. The van der Waals surface area contributed by atoms with Crippen LogP contribution in [0.3, 0.4) is 0 Å². The Morgan fingerprint density at radius 1 is 1.10 bits per heavy atom. The Hall–Kier alpha value is -3.46. The van der Waals surface area contributed by atoms with E-state index in [4.69, 9.17) is 4.42 Å². The molecule has 0 saturated carbocycles. The lowest BCUT2D eigenvalue weighted by Gasteiger charge is -2.19. The maximum absolute atomic E-state index is 12.8. The molecular weight excluding hydrogens is 402 g/mol. The molecular formula is C21H21N5O3S. The molecule has 2 N–H and O–H groups in total. The Morgan fingerprint density at radius 2 is 1.87 bits per heavy atom. The lowest BCUT2D eigenvalue weighted by atomic mass is 10.1. The molecule has 0 aliphatic carbocycles. The van der Waals surface area contributed by atoms with Crippen LogP contribution in [0.4, 0.5) is 5.13 Å². The molecule has 3 heterocycles. The van der Waals surface area contributed by atoms with Crippen LogP contribution < -0.4 is 10.6 Å². The molecule has 8 nitrogen and oxygen atoms in total. The number of anilines is 1. The van der Waals surface area contributed by atoms with Crippen molar-refractivity contribution in [2.45, 2.75) is 32.9 Å². The quantitative estimate of drug-likeness (QED) is 0.505. The lowest BCUT2D eigenvalue weighted by Crippen LogP contribution is -2.26. The monoisotopic (exact) mass is 423 g/mol. The molecule has 154 valence electrons. The number of hydrogen-bond acceptors (Lipinski definition) is 6. The van der Waals surface area contributed by atoms with Crippen molar-refractivity contribution in [3.63, 3.8) is 0 Å². The van der Waals surface area contributed by atoms with Crippen LogP contribution in [0, 0.1) is 0 Å². The van der Waals surface area contributed by atoms with Crippen molar-refractivity contribution in [2.24, 2.45) is 0 Å². The largest absolute Gasteiger partial charge is 0.467 e. The van der Waals surface area contributed by atoms with Crippen molar-refractivity contribution >= 4 is 38.6 Å². The van der Waals surface area contributed by atoms with Crippen molar-refractivity contribution in [2.75, 3.05) is 5.32 Å². The van der Waals surface area contributed by atoms with Gasteiger partial charge in [-0.05, 0) is 45.0 Å². The fourth-order valence-corrected chi connectivity index (χ4v) is 3.82. The summed E-state index contributed by atoms with van der Waals surface area (Å²) in [5, 5.41) is 10.6. The van der Waals surface area contributed by atoms with E-state index in [1.165, 1.54) is 11.3 Å². The molecule has 4 aromatic rings. The summed E-state index contributed by atoms with van der Waals surface area (Å²) in [6.07, 6.45) is 1.55. The Morgan fingerprint density at radius 3 is 2.53 bits per heavy atom. The molecule has 0 radical (unpaired) electrons. The Balaban J connectivity index is 1.65. The molecule has 4 rings (SSSR count). The molecule has 0 aliphatic rings. The summed E-state index contributed by atoms with van der Waals surface area (Å²) in [4.78, 5) is 29.8. The molecule has 2 amide bonds. The smallest absolute Gasteiger partial charge is 0.273 e. The zero-order valence-electron chi connectivity index (χ0n) is 16.8. The molecule has 0 fully saturated rings. The number of nitrogens with zero attached hydrogens (tertiary/aromatic N) is 3. The van der Waals surface area contributed by atoms with Crippen molar-refractivity contribution in [3.05, 3.63) is 65.7 Å². The van der Waals surface area contributed by atoms with Gasteiger partial charge in [0.05, 0.1) is 18.3 Å². The highest BCUT2D eigenvalue weighted by molar-refractivity contribution is 7.22. The van der Waals surface area contributed by atoms with E-state index in [1.54, 1.807) is 47.3 Å². The topological polar surface area (TPSA) is 102 Å². The number of benzene rings is 1. The number of amides is 2. The van der Waals surface area contributed by atoms with Crippen molar-refractivity contribution in [3.8, 4) is 0 Å². The van der Waals surface area contributed by atoms with Gasteiger partial charge in [0.2, 0.25) is 0 Å². The predicted molar refractivity (Wildman–Crippen MR) is 115 cm³/mol. The summed E-state index contributed by atoms with van der Waals surface area (Å²) in [5.74, 6) is 0.0602. The van der Waals surface area contributed by atoms with Crippen molar-refractivity contribution in [1.29, 1.82) is 0 Å². The summed E-state index contributed by atoms with van der Waals surface area (Å²) in [6.45, 7) is 6.19. The highest BCUT2D eigenvalue weighted by atomic mass is 32.1. The van der Waals surface area contributed by atoms with Crippen LogP contribution in [0.2, 0.25) is 0 Å². The molecule has 3 aromatic heterocycles. The maximum Gasteiger partial charge on any atom is 0.273 e. The first kappa shape index (κ1) is 19.8. The summed E-state index contributed by atoms with van der Waals surface area (Å²) >= 11 is 1.22. The van der Waals surface area contributed by atoms with Gasteiger partial charge < -0.3 is 9.73 Å². The summed E-state index contributed by atoms with van der Waals surface area (Å²) in [5.41, 5.74) is 0.959. The number of carbonyl (C=O) groups excluding carboxylic acids is 2. The van der Waals surface area contributed by atoms with E-state index in [0.717, 1.165) is 0 Å². The van der Waals surface area contributed by atoms with E-state index < -0.39 is 5.54 Å². The third-order valence-corrected chi connectivity index (χ3v) is 5.30. The third-order valence-electron chi connectivity index (χ3n) is 4.34. The number of rotatable bonds is 5. The average Bonchev–Trinajstić information content (AvgIpc) is 3.42. The second kappa shape index (κ2) is 7.75. The molecule has 0 spiro atoms. The second-order valence-corrected chi connectivity index (χ2v) is 8.68. The van der Waals surface area contributed by atoms with Gasteiger partial charge >= 0.3 is 0 Å². The minimum absolute atomic E-state index is 0.256. The highest BCUT2D eigenvalue weighted by Crippen LogP contribution is 2.32. The Kier molecular flexibility index (Phi) is 5.13. The van der Waals surface area contributed by atoms with Gasteiger partial charge in [-0.25, -0.2) is 4.68 Å². The normalized spacial score (nSPS) is 11.6. The number of hydrogen-bond donors (Lipinski definition) is 2. The molecule has 0 aliphatic heterocycles. The molecule has 1 aromatic carbocycles. The van der Waals surface area contributed by atoms with Crippen LogP contribution in [0.5, 0.6) is 0 Å². The van der Waals surface area contributed by atoms with Gasteiger partial charge in [-0.15, -0.1) is 0 Å². The third kappa shape index (κ3) is 3.97. The van der Waals surface area contributed by atoms with Crippen LogP contribution in [0.1, 0.15) is 47.4 Å². The molecule has 30 heavy (non-hydrogen) atoms. The Labute approximate surface area is 176 Å². The maximum atomic E-state index is 12.8. The van der Waals surface area contributed by atoms with Gasteiger partial charge in [0, 0.05) is 5.56 Å². The molecule has 0 unspecified atom stereocenters. The molecule has 0 saturated heterocycles. The summed E-state index contributed by atoms with van der Waals surface area (Å²) in [6, 6.07) is 12.4. The van der Waals surface area contributed by atoms with Gasteiger partial charge in [-0.3, -0.25) is 14.9 Å². The fraction of sp³-hybridized carbons (Fsp3) is 0.238. The van der Waals surface area contributed by atoms with Crippen LogP contribution in [0.25, 0.3) is 10.3 Å². The Bertz CT molecular complexity index is 1190. The number of nitrogens with one attached hydrogen (secondary N) is 2. The molecule has 9 heteroatoms. The van der Waals surface area contributed by atoms with Gasteiger partial charge in [-0.2, -0.15) is 10.1 Å². The average molecular weight is 423 g/mol. The standard InChI is InChI=1S/C21H21N5O3S/c1-21(2,3)26-17-16(15(25-26)19(28)22-12-14-10-7-11-29-14)30-20(23-17)24-18(27)13-8-5-4-6-9-13/h4-11H,12H2,1-3H3,(H,22,28)(H,23,24,27). The van der Waals surface area contributed by atoms with Crippen LogP contribution in [0.15, 0.2) is 53.1 Å². The predicted octanol–water partition coefficient (Wildman–Crippen LogP) is 4.02. The van der Waals surface area contributed by atoms with Crippen LogP contribution in [-0.4, -0.2) is 26.6 Å². The van der Waals surface area contributed by atoms with Gasteiger partial charge in [0.15, 0.2) is 16.5 Å². The van der Waals surface area contributed by atoms with E-state index in [9.17, 15) is 9.59 Å². The number of aromatic nitrogens is 3. The number of thiazole rings is 1. The van der Waals surface area contributed by atoms with E-state index in [1.807, 2.05) is 26.8 Å². The lowest BCUT2D eigenvalue weighted by molar-refractivity contribution is 0.0942. The van der Waals surface area contributed by atoms with E-state index in [0.29, 0.717) is 26.8 Å². The van der Waals surface area contributed by atoms with E-state index >= 15 is 0 Å². The first-order chi connectivity index (χ1) is 14.3. The van der Waals surface area contributed by atoms with Crippen molar-refractivity contribution in [1.82, 2.24) is 20.1 Å². The zero-order valence-corrected chi connectivity index (χ0v) is 17.6. The van der Waals surface area contributed by atoms with E-state index in [-0.39, 0.29) is 24.1 Å². The van der Waals surface area contributed by atoms with Crippen LogP contribution >= 0.6 is 11.3 Å². The SMILES string of the molecule is CC(C)(C)n1nc(C(=O)NCc2ccco2)c2sc(NC(=O)c3ccccc3)nc21. The van der Waals surface area contributed by atoms with Gasteiger partial charge in [-0.1, -0.05) is 29.5 Å². The highest BCUT2D eigenvalue weighted by Gasteiger charge is 2.27. The number of furan rings is 1. The molecule has 0 atom stereocenters. The number of carbonyl (C=O) groups is 2. The minimum atomic E-state index is -0.396. The fourth-order valence-electron chi connectivity index (χ4n) is 2.90. The molecule has 0 bridgehead atoms. The van der Waals surface area contributed by atoms with Gasteiger partial charge in [0.1, 0.15) is 10.5 Å². The minimum Gasteiger partial charge on any atom is -0.467 e. The number of fused-ring (bicyclic) bond motifs is 1. The van der Waals surface area contributed by atoms with Crippen LogP contribution in [-0.2, 0) is 12.1 Å². The zero-order chi connectivity index (χ0) is 21.3. The van der Waals surface area contributed by atoms with Gasteiger partial charge in [0.25, 0.3) is 11.8 Å². The van der Waals surface area contributed by atoms with E-state index in [2.05, 4.69) is 20.7 Å². The summed E-state index contributed by atoms with van der Waals surface area (Å²) in [7, 11) is 0. The summed E-state index contributed by atoms with van der Waals surface area (Å²) < 4.78 is 7.58.